The van der Waals surface area contributed by atoms with Gasteiger partial charge in [0.15, 0.2) is 0 Å². The van der Waals surface area contributed by atoms with Gasteiger partial charge in [-0.25, -0.2) is 0 Å². The van der Waals surface area contributed by atoms with Crippen molar-refractivity contribution in [3.05, 3.63) is 95.8 Å². The van der Waals surface area contributed by atoms with Crippen molar-refractivity contribution >= 4 is 17.7 Å². The first-order valence-corrected chi connectivity index (χ1v) is 11.8. The highest BCUT2D eigenvalue weighted by Gasteiger charge is 2.12. The van der Waals surface area contributed by atoms with E-state index >= 15 is 0 Å². The average molecular weight is 459 g/mol. The van der Waals surface area contributed by atoms with E-state index in [1.54, 1.807) is 18.7 Å². The number of aromatic nitrogens is 2. The van der Waals surface area contributed by atoms with Crippen LogP contribution in [0.15, 0.2) is 83.9 Å². The number of benzene rings is 3. The monoisotopic (exact) mass is 458 g/mol. The first-order chi connectivity index (χ1) is 16.1. The second-order valence-corrected chi connectivity index (χ2v) is 8.59. The van der Waals surface area contributed by atoms with Gasteiger partial charge in [0, 0.05) is 28.0 Å². The predicted octanol–water partition coefficient (Wildman–Crippen LogP) is 6.58. The van der Waals surface area contributed by atoms with Crippen molar-refractivity contribution in [2.24, 2.45) is 0 Å². The lowest BCUT2D eigenvalue weighted by atomic mass is 10.0. The van der Waals surface area contributed by atoms with Crippen LogP contribution in [0.4, 0.5) is 0 Å². The van der Waals surface area contributed by atoms with Crippen molar-refractivity contribution in [2.45, 2.75) is 30.9 Å². The van der Waals surface area contributed by atoms with Crippen LogP contribution in [0.3, 0.4) is 0 Å². The van der Waals surface area contributed by atoms with Gasteiger partial charge < -0.3 is 9.47 Å². The van der Waals surface area contributed by atoms with Crippen molar-refractivity contribution in [2.75, 3.05) is 6.61 Å². The van der Waals surface area contributed by atoms with Crippen molar-refractivity contribution in [1.29, 1.82) is 0 Å². The number of carbonyl (C=O) groups is 1. The van der Waals surface area contributed by atoms with E-state index in [0.29, 0.717) is 12.4 Å². The molecule has 0 fully saturated rings. The van der Waals surface area contributed by atoms with Gasteiger partial charge in [-0.3, -0.25) is 9.89 Å². The van der Waals surface area contributed by atoms with Crippen molar-refractivity contribution < 1.29 is 14.3 Å². The number of carbonyl (C=O) groups excluding carboxylic acids is 1. The molecule has 0 unspecified atom stereocenters. The first kappa shape index (κ1) is 22.7. The van der Waals surface area contributed by atoms with Gasteiger partial charge in [-0.05, 0) is 61.4 Å². The van der Waals surface area contributed by atoms with Crippen LogP contribution in [0.5, 0.6) is 11.5 Å². The van der Waals surface area contributed by atoms with Gasteiger partial charge in [0.2, 0.25) is 0 Å². The molecule has 4 rings (SSSR count). The number of nitrogens with zero attached hydrogens (tertiary/aromatic N) is 1. The molecule has 0 bridgehead atoms. The molecular formula is C27H26N2O3S. The van der Waals surface area contributed by atoms with Gasteiger partial charge in [0.25, 0.3) is 0 Å². The molecule has 1 heterocycles. The molecule has 6 heteroatoms. The third-order valence-corrected chi connectivity index (χ3v) is 6.18. The molecule has 0 atom stereocenters. The zero-order valence-electron chi connectivity index (χ0n) is 18.7. The molecule has 168 valence electrons. The number of hydrogen-bond acceptors (Lipinski definition) is 5. The van der Waals surface area contributed by atoms with E-state index in [1.807, 2.05) is 67.7 Å². The highest BCUT2D eigenvalue weighted by Crippen LogP contribution is 2.35. The number of aromatic amines is 1. The Kier molecular flexibility index (Phi) is 7.47. The number of hydrogen-bond donors (Lipinski definition) is 1. The summed E-state index contributed by atoms with van der Waals surface area (Å²) in [5, 5.41) is 7.19. The van der Waals surface area contributed by atoms with Gasteiger partial charge >= 0.3 is 5.97 Å². The fourth-order valence-electron chi connectivity index (χ4n) is 3.51. The van der Waals surface area contributed by atoms with Crippen LogP contribution in [0, 0.1) is 6.92 Å². The third-order valence-electron chi connectivity index (χ3n) is 5.12. The summed E-state index contributed by atoms with van der Waals surface area (Å²) in [4.78, 5) is 13.1. The third kappa shape index (κ3) is 6.05. The smallest absolute Gasteiger partial charge is 0.310 e. The summed E-state index contributed by atoms with van der Waals surface area (Å²) in [7, 11) is 0. The predicted molar refractivity (Wildman–Crippen MR) is 132 cm³/mol. The summed E-state index contributed by atoms with van der Waals surface area (Å²) < 4.78 is 11.4. The number of rotatable bonds is 9. The van der Waals surface area contributed by atoms with Crippen LogP contribution >= 0.6 is 11.8 Å². The van der Waals surface area contributed by atoms with E-state index in [1.165, 1.54) is 4.90 Å². The number of nitrogens with one attached hydrogen (secondary N) is 1. The zero-order chi connectivity index (χ0) is 23.0. The van der Waals surface area contributed by atoms with Crippen molar-refractivity contribution in [3.8, 4) is 22.6 Å². The Balaban J connectivity index is 1.60. The number of thioether (sulfide) groups is 1. The van der Waals surface area contributed by atoms with Crippen LogP contribution in [0.1, 0.15) is 23.7 Å². The maximum absolute atomic E-state index is 11.9. The van der Waals surface area contributed by atoms with Crippen LogP contribution < -0.4 is 4.74 Å². The van der Waals surface area contributed by atoms with E-state index in [2.05, 4.69) is 28.4 Å². The molecule has 3 aromatic carbocycles. The molecule has 0 aliphatic carbocycles. The van der Waals surface area contributed by atoms with Crippen molar-refractivity contribution in [3.63, 3.8) is 0 Å². The van der Waals surface area contributed by atoms with Crippen LogP contribution in [0.2, 0.25) is 0 Å². The Morgan fingerprint density at radius 2 is 1.88 bits per heavy atom. The Hall–Kier alpha value is -3.51. The molecule has 4 aromatic rings. The summed E-state index contributed by atoms with van der Waals surface area (Å²) in [5.41, 5.74) is 5.06. The first-order valence-electron chi connectivity index (χ1n) is 10.9. The number of H-pyrrole nitrogens is 1. The summed E-state index contributed by atoms with van der Waals surface area (Å²) in [6, 6.07) is 24.1. The quantitative estimate of drug-likeness (QED) is 0.227. The average Bonchev–Trinajstić information content (AvgIpc) is 3.25. The Morgan fingerprint density at radius 3 is 2.64 bits per heavy atom. The van der Waals surface area contributed by atoms with E-state index in [-0.39, 0.29) is 12.4 Å². The molecular weight excluding hydrogens is 432 g/mol. The zero-order valence-corrected chi connectivity index (χ0v) is 19.5. The minimum absolute atomic E-state index is 0.223. The molecule has 0 aliphatic rings. The van der Waals surface area contributed by atoms with Gasteiger partial charge in [-0.15, -0.1) is 11.8 Å². The van der Waals surface area contributed by atoms with Gasteiger partial charge in [0.05, 0.1) is 18.7 Å². The lowest BCUT2D eigenvalue weighted by molar-refractivity contribution is -0.142. The highest BCUT2D eigenvalue weighted by atomic mass is 32.2. The molecule has 0 saturated carbocycles. The summed E-state index contributed by atoms with van der Waals surface area (Å²) in [6.07, 6.45) is 2.14. The fourth-order valence-corrected chi connectivity index (χ4v) is 4.41. The Labute approximate surface area is 198 Å². The highest BCUT2D eigenvalue weighted by molar-refractivity contribution is 7.98. The maximum atomic E-state index is 11.9. The molecule has 0 amide bonds. The summed E-state index contributed by atoms with van der Waals surface area (Å²) in [5.74, 6) is 1.99. The lowest BCUT2D eigenvalue weighted by Crippen LogP contribution is -2.07. The van der Waals surface area contributed by atoms with Crippen LogP contribution in [-0.2, 0) is 21.7 Å². The minimum Gasteiger partial charge on any atom is -0.466 e. The second-order valence-electron chi connectivity index (χ2n) is 7.54. The van der Waals surface area contributed by atoms with Crippen LogP contribution in [-0.4, -0.2) is 22.8 Å². The largest absolute Gasteiger partial charge is 0.466 e. The molecule has 0 aliphatic heterocycles. The molecule has 0 spiro atoms. The Morgan fingerprint density at radius 1 is 1.03 bits per heavy atom. The number of ether oxygens (including phenoxy) is 2. The molecule has 1 N–H and O–H groups in total. The number of esters is 1. The SMILES string of the molecule is CCOC(=O)Cc1cccc(Oc2ccc(-c3c[nH]nc3C)cc2CSc2ccccc2)c1. The van der Waals surface area contributed by atoms with Gasteiger partial charge in [0.1, 0.15) is 11.5 Å². The minimum atomic E-state index is -0.241. The number of aryl methyl sites for hydroxylation is 1. The molecule has 0 radical (unpaired) electrons. The normalized spacial score (nSPS) is 10.7. The molecule has 1 aromatic heterocycles. The topological polar surface area (TPSA) is 64.2 Å². The van der Waals surface area contributed by atoms with Gasteiger partial charge in [-0.2, -0.15) is 5.10 Å². The maximum Gasteiger partial charge on any atom is 0.310 e. The van der Waals surface area contributed by atoms with E-state index in [0.717, 1.165) is 39.5 Å². The van der Waals surface area contributed by atoms with Crippen molar-refractivity contribution in [1.82, 2.24) is 10.2 Å². The Bertz CT molecular complexity index is 1220. The van der Waals surface area contributed by atoms with Gasteiger partial charge in [-0.1, -0.05) is 36.4 Å². The van der Waals surface area contributed by atoms with E-state index < -0.39 is 0 Å². The standard InChI is InChI=1S/C27H26N2O3S/c1-3-31-27(30)15-20-8-7-9-23(14-20)32-26-13-12-21(25-17-28-29-19(25)2)16-22(26)18-33-24-10-5-4-6-11-24/h4-14,16-17H,3,15,18H2,1-2H3,(H,28,29). The molecule has 0 saturated heterocycles. The van der Waals surface area contributed by atoms with E-state index in [9.17, 15) is 4.79 Å². The molecule has 5 nitrogen and oxygen atoms in total. The van der Waals surface area contributed by atoms with E-state index in [4.69, 9.17) is 9.47 Å². The summed E-state index contributed by atoms with van der Waals surface area (Å²) in [6.45, 7) is 4.17. The second kappa shape index (κ2) is 10.9. The van der Waals surface area contributed by atoms with Crippen LogP contribution in [0.25, 0.3) is 11.1 Å². The fraction of sp³-hybridized carbons (Fsp3) is 0.185. The molecule has 33 heavy (non-hydrogen) atoms. The summed E-state index contributed by atoms with van der Waals surface area (Å²) >= 11 is 1.76. The lowest BCUT2D eigenvalue weighted by Gasteiger charge is -2.14.